The van der Waals surface area contributed by atoms with Crippen LogP contribution in [0.2, 0.25) is 5.02 Å². The van der Waals surface area contributed by atoms with Gasteiger partial charge >= 0.3 is 5.97 Å². The summed E-state index contributed by atoms with van der Waals surface area (Å²) < 4.78 is 9.10. The van der Waals surface area contributed by atoms with E-state index in [2.05, 4.69) is 4.37 Å². The molecule has 0 atom stereocenters. The van der Waals surface area contributed by atoms with Crippen molar-refractivity contribution in [1.29, 1.82) is 0 Å². The molecule has 0 fully saturated rings. The molecule has 0 aliphatic rings. The van der Waals surface area contributed by atoms with Crippen LogP contribution < -0.4 is 0 Å². The number of benzene rings is 1. The normalized spacial score (nSPS) is 10.2. The number of ether oxygens (including phenoxy) is 1. The first-order valence-corrected chi connectivity index (χ1v) is 6.27. The van der Waals surface area contributed by atoms with E-state index < -0.39 is 5.97 Å². The molecule has 1 heterocycles. The molecule has 2 rings (SSSR count). The number of aromatic nitrogens is 1. The van der Waals surface area contributed by atoms with Gasteiger partial charge in [-0.1, -0.05) is 41.9 Å². The van der Waals surface area contributed by atoms with Crippen molar-refractivity contribution >= 4 is 29.1 Å². The lowest BCUT2D eigenvalue weighted by Gasteiger charge is -1.99. The highest BCUT2D eigenvalue weighted by atomic mass is 35.5. The fourth-order valence-corrected chi connectivity index (χ4v) is 2.45. The molecule has 0 aliphatic heterocycles. The number of halogens is 1. The summed E-state index contributed by atoms with van der Waals surface area (Å²) in [4.78, 5) is 11.9. The smallest absolute Gasteiger partial charge is 0.351 e. The highest BCUT2D eigenvalue weighted by molar-refractivity contribution is 7.09. The number of rotatable bonds is 3. The van der Waals surface area contributed by atoms with E-state index in [1.54, 1.807) is 6.92 Å². The molecule has 5 heteroatoms. The molecule has 0 spiro atoms. The van der Waals surface area contributed by atoms with Gasteiger partial charge in [0.15, 0.2) is 4.88 Å². The van der Waals surface area contributed by atoms with E-state index in [9.17, 15) is 4.79 Å². The fourth-order valence-electron chi connectivity index (χ4n) is 1.38. The minimum atomic E-state index is -0.419. The van der Waals surface area contributed by atoms with Crippen molar-refractivity contribution in [2.75, 3.05) is 6.61 Å². The number of esters is 1. The zero-order chi connectivity index (χ0) is 12.3. The Morgan fingerprint density at radius 2 is 2.12 bits per heavy atom. The zero-order valence-corrected chi connectivity index (χ0v) is 10.7. The van der Waals surface area contributed by atoms with E-state index in [1.807, 2.05) is 30.3 Å². The second-order valence-electron chi connectivity index (χ2n) is 3.26. The third-order valence-electron chi connectivity index (χ3n) is 2.14. The van der Waals surface area contributed by atoms with Gasteiger partial charge in [0.05, 0.1) is 11.6 Å². The van der Waals surface area contributed by atoms with Crippen molar-refractivity contribution < 1.29 is 9.53 Å². The summed E-state index contributed by atoms with van der Waals surface area (Å²) in [6, 6.07) is 9.51. The van der Waals surface area contributed by atoms with E-state index in [0.717, 1.165) is 17.1 Å². The van der Waals surface area contributed by atoms with Crippen LogP contribution in [0.25, 0.3) is 11.3 Å². The summed E-state index contributed by atoms with van der Waals surface area (Å²) >= 11 is 7.20. The Morgan fingerprint density at radius 1 is 1.41 bits per heavy atom. The summed E-state index contributed by atoms with van der Waals surface area (Å²) in [5.41, 5.74) is 1.52. The molecule has 88 valence electrons. The first-order chi connectivity index (χ1) is 8.24. The van der Waals surface area contributed by atoms with Gasteiger partial charge in [0.25, 0.3) is 0 Å². The van der Waals surface area contributed by atoms with Crippen molar-refractivity contribution in [3.63, 3.8) is 0 Å². The SMILES string of the molecule is CCOC(=O)c1snc(-c2ccccc2)c1Cl. The zero-order valence-electron chi connectivity index (χ0n) is 9.14. The van der Waals surface area contributed by atoms with Gasteiger partial charge in [0.1, 0.15) is 5.69 Å². The molecule has 1 aromatic heterocycles. The number of hydrogen-bond donors (Lipinski definition) is 0. The molecule has 0 amide bonds. The van der Waals surface area contributed by atoms with Crippen LogP contribution in [0, 0.1) is 0 Å². The van der Waals surface area contributed by atoms with E-state index in [0.29, 0.717) is 22.2 Å². The highest BCUT2D eigenvalue weighted by Crippen LogP contribution is 2.32. The van der Waals surface area contributed by atoms with E-state index in [1.165, 1.54) is 0 Å². The van der Waals surface area contributed by atoms with E-state index in [-0.39, 0.29) is 0 Å². The molecule has 3 nitrogen and oxygen atoms in total. The molecular formula is C12H10ClNO2S. The van der Waals surface area contributed by atoms with Crippen molar-refractivity contribution in [3.8, 4) is 11.3 Å². The number of carbonyl (C=O) groups excluding carboxylic acids is 1. The monoisotopic (exact) mass is 267 g/mol. The summed E-state index contributed by atoms with van der Waals surface area (Å²) in [5, 5.41) is 0.361. The van der Waals surface area contributed by atoms with Crippen molar-refractivity contribution in [3.05, 3.63) is 40.2 Å². The Hall–Kier alpha value is -1.39. The van der Waals surface area contributed by atoms with Gasteiger partial charge in [-0.25, -0.2) is 4.79 Å². The molecule has 0 radical (unpaired) electrons. The standard InChI is InChI=1S/C12H10ClNO2S/c1-2-16-12(15)11-9(13)10(14-17-11)8-6-4-3-5-7-8/h3-7H,2H2,1H3. The van der Waals surface area contributed by atoms with Crippen LogP contribution in [-0.4, -0.2) is 16.9 Å². The number of nitrogens with zero attached hydrogens (tertiary/aromatic N) is 1. The Morgan fingerprint density at radius 3 is 2.76 bits per heavy atom. The molecule has 17 heavy (non-hydrogen) atoms. The molecular weight excluding hydrogens is 258 g/mol. The van der Waals surface area contributed by atoms with Gasteiger partial charge in [-0.05, 0) is 18.5 Å². The molecule has 0 saturated heterocycles. The molecule has 0 aliphatic carbocycles. The summed E-state index contributed by atoms with van der Waals surface area (Å²) in [6.07, 6.45) is 0. The molecule has 0 bridgehead atoms. The quantitative estimate of drug-likeness (QED) is 0.797. The topological polar surface area (TPSA) is 39.2 Å². The third-order valence-corrected chi connectivity index (χ3v) is 3.45. The third kappa shape index (κ3) is 2.48. The second-order valence-corrected chi connectivity index (χ2v) is 4.41. The maximum atomic E-state index is 11.6. The predicted molar refractivity (Wildman–Crippen MR) is 68.5 cm³/mol. The van der Waals surface area contributed by atoms with Crippen LogP contribution in [0.15, 0.2) is 30.3 Å². The van der Waals surface area contributed by atoms with Crippen molar-refractivity contribution in [2.45, 2.75) is 6.92 Å². The van der Waals surface area contributed by atoms with Crippen LogP contribution >= 0.6 is 23.1 Å². The average Bonchev–Trinajstić information content (AvgIpc) is 2.72. The van der Waals surface area contributed by atoms with Crippen LogP contribution in [0.5, 0.6) is 0 Å². The van der Waals surface area contributed by atoms with Gasteiger partial charge in [0.2, 0.25) is 0 Å². The largest absolute Gasteiger partial charge is 0.462 e. The average molecular weight is 268 g/mol. The van der Waals surface area contributed by atoms with Gasteiger partial charge in [-0.15, -0.1) is 0 Å². The molecule has 0 N–H and O–H groups in total. The van der Waals surface area contributed by atoms with E-state index in [4.69, 9.17) is 16.3 Å². The second kappa shape index (κ2) is 5.29. The lowest BCUT2D eigenvalue weighted by molar-refractivity contribution is 0.0532. The molecule has 1 aromatic carbocycles. The van der Waals surface area contributed by atoms with Gasteiger partial charge in [-0.3, -0.25) is 0 Å². The molecule has 0 saturated carbocycles. The Balaban J connectivity index is 2.37. The molecule has 2 aromatic rings. The van der Waals surface area contributed by atoms with Gasteiger partial charge in [0, 0.05) is 5.56 Å². The first-order valence-electron chi connectivity index (χ1n) is 5.11. The van der Waals surface area contributed by atoms with Crippen LogP contribution in [-0.2, 0) is 4.74 Å². The predicted octanol–water partition coefficient (Wildman–Crippen LogP) is 3.64. The summed E-state index contributed by atoms with van der Waals surface area (Å²) in [6.45, 7) is 2.08. The Labute approximate surface area is 108 Å². The van der Waals surface area contributed by atoms with Gasteiger partial charge in [-0.2, -0.15) is 4.37 Å². The Kier molecular flexibility index (Phi) is 3.76. The Bertz CT molecular complexity index is 525. The maximum absolute atomic E-state index is 11.6. The molecule has 0 unspecified atom stereocenters. The van der Waals surface area contributed by atoms with Crippen molar-refractivity contribution in [1.82, 2.24) is 4.37 Å². The lowest BCUT2D eigenvalue weighted by Crippen LogP contribution is -2.02. The van der Waals surface area contributed by atoms with E-state index >= 15 is 0 Å². The minimum Gasteiger partial charge on any atom is -0.462 e. The first kappa shape index (κ1) is 12.1. The van der Waals surface area contributed by atoms with Crippen molar-refractivity contribution in [2.24, 2.45) is 0 Å². The summed E-state index contributed by atoms with van der Waals surface area (Å²) in [7, 11) is 0. The minimum absolute atomic E-state index is 0.327. The highest BCUT2D eigenvalue weighted by Gasteiger charge is 2.19. The number of carbonyl (C=O) groups is 1. The maximum Gasteiger partial charge on any atom is 0.351 e. The fraction of sp³-hybridized carbons (Fsp3) is 0.167. The van der Waals surface area contributed by atoms with Crippen LogP contribution in [0.1, 0.15) is 16.6 Å². The van der Waals surface area contributed by atoms with Crippen LogP contribution in [0.4, 0.5) is 0 Å². The van der Waals surface area contributed by atoms with Gasteiger partial charge < -0.3 is 4.74 Å². The lowest BCUT2D eigenvalue weighted by atomic mass is 10.1. The number of hydrogen-bond acceptors (Lipinski definition) is 4. The summed E-state index contributed by atoms with van der Waals surface area (Å²) in [5.74, 6) is -0.419. The van der Waals surface area contributed by atoms with Crippen LogP contribution in [0.3, 0.4) is 0 Å².